The summed E-state index contributed by atoms with van der Waals surface area (Å²) in [6, 6.07) is 5.43. The highest BCUT2D eigenvalue weighted by atomic mass is 35.5. The molecule has 1 aliphatic rings. The smallest absolute Gasteiger partial charge is 0.310 e. The topological polar surface area (TPSA) is 58.6 Å². The lowest BCUT2D eigenvalue weighted by atomic mass is 9.98. The van der Waals surface area contributed by atoms with Gasteiger partial charge in [0.25, 0.3) is 0 Å². The molecule has 1 heterocycles. The average Bonchev–Trinajstić information content (AvgIpc) is 2.52. The summed E-state index contributed by atoms with van der Waals surface area (Å²) in [5, 5.41) is 3.51. The minimum atomic E-state index is -0.164. The van der Waals surface area contributed by atoms with Crippen molar-refractivity contribution in [3.8, 4) is 0 Å². The molecule has 0 aliphatic carbocycles. The van der Waals surface area contributed by atoms with E-state index in [0.29, 0.717) is 18.2 Å². The van der Waals surface area contributed by atoms with E-state index in [-0.39, 0.29) is 24.3 Å². The average molecular weight is 339 g/mol. The van der Waals surface area contributed by atoms with Crippen molar-refractivity contribution in [2.24, 2.45) is 5.92 Å². The van der Waals surface area contributed by atoms with Crippen molar-refractivity contribution in [3.63, 3.8) is 0 Å². The zero-order chi connectivity index (χ0) is 16.8. The highest BCUT2D eigenvalue weighted by molar-refractivity contribution is 6.31. The molecule has 126 valence electrons. The fraction of sp³-hybridized carbons (Fsp3) is 0.529. The van der Waals surface area contributed by atoms with Crippen LogP contribution in [0.4, 0.5) is 5.69 Å². The Kier molecular flexibility index (Phi) is 6.42. The van der Waals surface area contributed by atoms with Crippen molar-refractivity contribution in [1.82, 2.24) is 4.90 Å². The van der Waals surface area contributed by atoms with E-state index < -0.39 is 0 Å². The molecule has 1 N–H and O–H groups in total. The lowest BCUT2D eigenvalue weighted by Crippen LogP contribution is -2.43. The van der Waals surface area contributed by atoms with Gasteiger partial charge in [0, 0.05) is 17.3 Å². The number of nitrogens with zero attached hydrogens (tertiary/aromatic N) is 1. The molecule has 1 atom stereocenters. The molecule has 1 amide bonds. The van der Waals surface area contributed by atoms with E-state index in [2.05, 4.69) is 5.32 Å². The number of carbonyl (C=O) groups is 2. The summed E-state index contributed by atoms with van der Waals surface area (Å²) in [5.74, 6) is -0.396. The summed E-state index contributed by atoms with van der Waals surface area (Å²) < 4.78 is 5.08. The number of anilines is 1. The number of hydrogen-bond donors (Lipinski definition) is 1. The van der Waals surface area contributed by atoms with E-state index in [4.69, 9.17) is 16.3 Å². The Labute approximate surface area is 141 Å². The Bertz CT molecular complexity index is 577. The first-order chi connectivity index (χ1) is 11.0. The van der Waals surface area contributed by atoms with Gasteiger partial charge in [-0.05, 0) is 50.9 Å². The third-order valence-electron chi connectivity index (χ3n) is 4.03. The van der Waals surface area contributed by atoms with Gasteiger partial charge >= 0.3 is 5.97 Å². The van der Waals surface area contributed by atoms with E-state index in [0.717, 1.165) is 30.6 Å². The van der Waals surface area contributed by atoms with Crippen LogP contribution < -0.4 is 5.32 Å². The number of amides is 1. The maximum atomic E-state index is 12.2. The first kappa shape index (κ1) is 17.8. The third-order valence-corrected chi connectivity index (χ3v) is 4.44. The van der Waals surface area contributed by atoms with Crippen molar-refractivity contribution >= 4 is 29.2 Å². The van der Waals surface area contributed by atoms with Gasteiger partial charge in [0.15, 0.2) is 0 Å². The lowest BCUT2D eigenvalue weighted by Gasteiger charge is -2.30. The van der Waals surface area contributed by atoms with Gasteiger partial charge in [0.2, 0.25) is 5.91 Å². The molecular formula is C17H23ClN2O3. The highest BCUT2D eigenvalue weighted by Gasteiger charge is 2.27. The number of nitrogens with one attached hydrogen (secondary N) is 1. The van der Waals surface area contributed by atoms with Crippen LogP contribution >= 0.6 is 11.6 Å². The summed E-state index contributed by atoms with van der Waals surface area (Å²) in [4.78, 5) is 26.1. The molecule has 0 saturated carbocycles. The zero-order valence-corrected chi connectivity index (χ0v) is 14.4. The second kappa shape index (κ2) is 8.31. The van der Waals surface area contributed by atoms with Crippen molar-refractivity contribution in [1.29, 1.82) is 0 Å². The van der Waals surface area contributed by atoms with Gasteiger partial charge in [0.05, 0.1) is 19.1 Å². The molecule has 1 fully saturated rings. The van der Waals surface area contributed by atoms with Crippen LogP contribution in [-0.4, -0.2) is 43.0 Å². The van der Waals surface area contributed by atoms with Gasteiger partial charge in [-0.15, -0.1) is 0 Å². The van der Waals surface area contributed by atoms with Crippen molar-refractivity contribution in [3.05, 3.63) is 28.8 Å². The standard InChI is InChI=1S/C17H23ClN2O3/c1-3-23-17(22)13-6-5-9-20(10-13)11-16(21)19-15-8-4-7-14(18)12(15)2/h4,7-8,13H,3,5-6,9-11H2,1-2H3,(H,19,21). The summed E-state index contributed by atoms with van der Waals surface area (Å²) in [5.41, 5.74) is 1.58. The maximum Gasteiger partial charge on any atom is 0.310 e. The van der Waals surface area contributed by atoms with Gasteiger partial charge < -0.3 is 10.1 Å². The molecule has 1 saturated heterocycles. The van der Waals surface area contributed by atoms with Gasteiger partial charge in [-0.3, -0.25) is 14.5 Å². The molecule has 5 nitrogen and oxygen atoms in total. The van der Waals surface area contributed by atoms with E-state index in [1.54, 1.807) is 13.0 Å². The molecule has 1 aliphatic heterocycles. The van der Waals surface area contributed by atoms with Gasteiger partial charge in [-0.2, -0.15) is 0 Å². The number of carbonyl (C=O) groups excluding carboxylic acids is 2. The summed E-state index contributed by atoms with van der Waals surface area (Å²) in [6.07, 6.45) is 1.72. The number of halogens is 1. The number of ether oxygens (including phenoxy) is 1. The molecule has 1 aromatic rings. The predicted molar refractivity (Wildman–Crippen MR) is 90.6 cm³/mol. The van der Waals surface area contributed by atoms with Crippen LogP contribution in [-0.2, 0) is 14.3 Å². The fourth-order valence-corrected chi connectivity index (χ4v) is 2.96. The second-order valence-corrected chi connectivity index (χ2v) is 6.19. The van der Waals surface area contributed by atoms with E-state index in [1.807, 2.05) is 24.0 Å². The Hall–Kier alpha value is -1.59. The minimum Gasteiger partial charge on any atom is -0.466 e. The zero-order valence-electron chi connectivity index (χ0n) is 13.6. The molecule has 6 heteroatoms. The number of likely N-dealkylation sites (tertiary alicyclic amines) is 1. The lowest BCUT2D eigenvalue weighted by molar-refractivity contribution is -0.150. The molecule has 1 aromatic carbocycles. The molecule has 23 heavy (non-hydrogen) atoms. The quantitative estimate of drug-likeness (QED) is 0.839. The van der Waals surface area contributed by atoms with E-state index in [9.17, 15) is 9.59 Å². The van der Waals surface area contributed by atoms with Crippen molar-refractivity contribution in [2.75, 3.05) is 31.6 Å². The van der Waals surface area contributed by atoms with Crippen LogP contribution in [0.25, 0.3) is 0 Å². The number of piperidine rings is 1. The first-order valence-corrected chi connectivity index (χ1v) is 8.33. The molecule has 0 bridgehead atoms. The van der Waals surface area contributed by atoms with Crippen LogP contribution in [0, 0.1) is 12.8 Å². The SMILES string of the molecule is CCOC(=O)C1CCCN(CC(=O)Nc2cccc(Cl)c2C)C1. The minimum absolute atomic E-state index is 0.0973. The Balaban J connectivity index is 1.89. The second-order valence-electron chi connectivity index (χ2n) is 5.79. The van der Waals surface area contributed by atoms with E-state index in [1.165, 1.54) is 0 Å². The van der Waals surface area contributed by atoms with Crippen LogP contribution in [0.3, 0.4) is 0 Å². The fourth-order valence-electron chi connectivity index (χ4n) is 2.79. The molecular weight excluding hydrogens is 316 g/mol. The largest absolute Gasteiger partial charge is 0.466 e. The Morgan fingerprint density at radius 1 is 1.43 bits per heavy atom. The maximum absolute atomic E-state index is 12.2. The molecule has 0 radical (unpaired) electrons. The van der Waals surface area contributed by atoms with Gasteiger partial charge in [0.1, 0.15) is 0 Å². The van der Waals surface area contributed by atoms with Crippen molar-refractivity contribution in [2.45, 2.75) is 26.7 Å². The molecule has 0 aromatic heterocycles. The van der Waals surface area contributed by atoms with Crippen LogP contribution in [0.1, 0.15) is 25.3 Å². The Morgan fingerprint density at radius 2 is 2.22 bits per heavy atom. The van der Waals surface area contributed by atoms with Crippen LogP contribution in [0.5, 0.6) is 0 Å². The number of hydrogen-bond acceptors (Lipinski definition) is 4. The van der Waals surface area contributed by atoms with Gasteiger partial charge in [-0.1, -0.05) is 17.7 Å². The Morgan fingerprint density at radius 3 is 2.96 bits per heavy atom. The van der Waals surface area contributed by atoms with Gasteiger partial charge in [-0.25, -0.2) is 0 Å². The summed E-state index contributed by atoms with van der Waals surface area (Å²) in [6.45, 7) is 5.72. The van der Waals surface area contributed by atoms with E-state index >= 15 is 0 Å². The molecule has 1 unspecified atom stereocenters. The van der Waals surface area contributed by atoms with Crippen LogP contribution in [0.15, 0.2) is 18.2 Å². The number of rotatable bonds is 5. The number of esters is 1. The highest BCUT2D eigenvalue weighted by Crippen LogP contribution is 2.23. The molecule has 0 spiro atoms. The molecule has 2 rings (SSSR count). The normalized spacial score (nSPS) is 18.5. The monoisotopic (exact) mass is 338 g/mol. The van der Waals surface area contributed by atoms with Crippen LogP contribution in [0.2, 0.25) is 5.02 Å². The number of benzene rings is 1. The summed E-state index contributed by atoms with van der Waals surface area (Å²) in [7, 11) is 0. The third kappa shape index (κ3) is 4.94. The first-order valence-electron chi connectivity index (χ1n) is 7.95. The van der Waals surface area contributed by atoms with Crippen molar-refractivity contribution < 1.29 is 14.3 Å². The predicted octanol–water partition coefficient (Wildman–Crippen LogP) is 2.86. The summed E-state index contributed by atoms with van der Waals surface area (Å²) >= 11 is 6.06.